The van der Waals surface area contributed by atoms with Crippen molar-refractivity contribution >= 4 is 65.7 Å². The van der Waals surface area contributed by atoms with E-state index < -0.39 is 0 Å². The molecule has 0 spiro atoms. The van der Waals surface area contributed by atoms with Crippen molar-refractivity contribution in [2.45, 2.75) is 0 Å². The number of benzene rings is 7. The molecule has 3 aromatic heterocycles. The highest BCUT2D eigenvalue weighted by atomic mass is 16.3. The van der Waals surface area contributed by atoms with E-state index in [2.05, 4.69) is 114 Å². The van der Waals surface area contributed by atoms with Crippen molar-refractivity contribution in [3.8, 4) is 28.2 Å². The zero-order valence-corrected chi connectivity index (χ0v) is 24.1. The number of fused-ring (bicyclic) bond motifs is 8. The van der Waals surface area contributed by atoms with Crippen LogP contribution in [-0.4, -0.2) is 9.55 Å². The van der Waals surface area contributed by atoms with Crippen molar-refractivity contribution in [3.05, 3.63) is 146 Å². The van der Waals surface area contributed by atoms with Crippen LogP contribution in [0.25, 0.3) is 93.9 Å². The van der Waals surface area contributed by atoms with Gasteiger partial charge >= 0.3 is 0 Å². The standard InChI is InChI=1S/C41H24N2O2/c1-2-10-25(11-3-1)41-42-34-15-7-8-16-35(34)43(41)28-19-21-32-31-20-18-27(23-37(31)44-38(32)24-28)39-29-13-5-4-12-26(29)22-33-30-14-6-9-17-36(30)45-40(33)39/h1-24H. The Balaban J connectivity index is 1.19. The van der Waals surface area contributed by atoms with E-state index in [1.54, 1.807) is 0 Å². The molecule has 4 heteroatoms. The molecule has 7 aromatic carbocycles. The number of aromatic nitrogens is 2. The number of imidazole rings is 1. The van der Waals surface area contributed by atoms with Crippen LogP contribution in [0, 0.1) is 0 Å². The van der Waals surface area contributed by atoms with Gasteiger partial charge in [-0.1, -0.05) is 91.0 Å². The van der Waals surface area contributed by atoms with Crippen molar-refractivity contribution in [3.63, 3.8) is 0 Å². The van der Waals surface area contributed by atoms with E-state index >= 15 is 0 Å². The molecular weight excluding hydrogens is 552 g/mol. The first kappa shape index (κ1) is 24.3. The maximum absolute atomic E-state index is 6.63. The van der Waals surface area contributed by atoms with E-state index in [4.69, 9.17) is 13.8 Å². The summed E-state index contributed by atoms with van der Waals surface area (Å²) < 4.78 is 15.4. The van der Waals surface area contributed by atoms with Gasteiger partial charge in [0.15, 0.2) is 0 Å². The van der Waals surface area contributed by atoms with Crippen molar-refractivity contribution in [2.75, 3.05) is 0 Å². The predicted molar refractivity (Wildman–Crippen MR) is 184 cm³/mol. The molecule has 0 aliphatic rings. The smallest absolute Gasteiger partial charge is 0.145 e. The molecule has 0 atom stereocenters. The third-order valence-electron chi connectivity index (χ3n) is 8.99. The van der Waals surface area contributed by atoms with Crippen molar-refractivity contribution in [1.82, 2.24) is 9.55 Å². The van der Waals surface area contributed by atoms with E-state index in [0.29, 0.717) is 0 Å². The minimum absolute atomic E-state index is 0.836. The molecule has 0 unspecified atom stereocenters. The summed E-state index contributed by atoms with van der Waals surface area (Å²) in [4.78, 5) is 5.02. The first-order valence-corrected chi connectivity index (χ1v) is 15.1. The lowest BCUT2D eigenvalue weighted by Crippen LogP contribution is -1.97. The van der Waals surface area contributed by atoms with Gasteiger partial charge in [-0.2, -0.15) is 0 Å². The molecule has 10 aromatic rings. The van der Waals surface area contributed by atoms with Crippen molar-refractivity contribution in [2.24, 2.45) is 0 Å². The van der Waals surface area contributed by atoms with Crippen LogP contribution in [0.1, 0.15) is 0 Å². The van der Waals surface area contributed by atoms with Gasteiger partial charge in [0.05, 0.1) is 16.7 Å². The Labute approximate surface area is 257 Å². The highest BCUT2D eigenvalue weighted by Crippen LogP contribution is 2.43. The third-order valence-corrected chi connectivity index (χ3v) is 8.99. The normalized spacial score (nSPS) is 12.0. The van der Waals surface area contributed by atoms with Crippen molar-refractivity contribution in [1.29, 1.82) is 0 Å². The lowest BCUT2D eigenvalue weighted by molar-refractivity contribution is 0.668. The fourth-order valence-corrected chi connectivity index (χ4v) is 6.94. The Kier molecular flexibility index (Phi) is 4.96. The van der Waals surface area contributed by atoms with E-state index in [9.17, 15) is 0 Å². The van der Waals surface area contributed by atoms with Crippen LogP contribution < -0.4 is 0 Å². The minimum Gasteiger partial charge on any atom is -0.456 e. The van der Waals surface area contributed by atoms with E-state index in [-0.39, 0.29) is 0 Å². The Morgan fingerprint density at radius 1 is 0.467 bits per heavy atom. The van der Waals surface area contributed by atoms with Crippen LogP contribution >= 0.6 is 0 Å². The molecule has 0 bridgehead atoms. The number of rotatable bonds is 3. The number of para-hydroxylation sites is 3. The molecule has 0 saturated heterocycles. The lowest BCUT2D eigenvalue weighted by Gasteiger charge is -2.09. The van der Waals surface area contributed by atoms with E-state index in [0.717, 1.165) is 88.5 Å². The molecule has 3 heterocycles. The highest BCUT2D eigenvalue weighted by molar-refractivity contribution is 6.19. The average Bonchev–Trinajstić information content (AvgIpc) is 3.78. The van der Waals surface area contributed by atoms with E-state index in [1.165, 1.54) is 5.39 Å². The second kappa shape index (κ2) is 9.18. The molecule has 10 rings (SSSR count). The summed E-state index contributed by atoms with van der Waals surface area (Å²) in [6.45, 7) is 0. The van der Waals surface area contributed by atoms with Gasteiger partial charge in [0, 0.05) is 38.7 Å². The predicted octanol–water partition coefficient (Wildman–Crippen LogP) is 11.3. The summed E-state index contributed by atoms with van der Waals surface area (Å²) in [7, 11) is 0. The largest absolute Gasteiger partial charge is 0.456 e. The molecule has 0 fully saturated rings. The maximum atomic E-state index is 6.63. The number of furan rings is 2. The molecule has 0 aliphatic carbocycles. The summed E-state index contributed by atoms with van der Waals surface area (Å²) in [5.74, 6) is 0.903. The fraction of sp³-hybridized carbons (Fsp3) is 0. The lowest BCUT2D eigenvalue weighted by atomic mass is 9.94. The summed E-state index contributed by atoms with van der Waals surface area (Å²) in [6, 6.07) is 50.6. The van der Waals surface area contributed by atoms with Crippen molar-refractivity contribution < 1.29 is 8.83 Å². The van der Waals surface area contributed by atoms with Crippen LogP contribution in [0.3, 0.4) is 0 Å². The van der Waals surface area contributed by atoms with Crippen LogP contribution in [-0.2, 0) is 0 Å². The SMILES string of the molecule is c1ccc(-c2nc3ccccc3n2-c2ccc3c(c2)oc2cc(-c4c5ccccc5cc5c4oc4ccccc45)ccc23)cc1. The fourth-order valence-electron chi connectivity index (χ4n) is 6.94. The Morgan fingerprint density at radius 2 is 1.18 bits per heavy atom. The summed E-state index contributed by atoms with van der Waals surface area (Å²) in [6.07, 6.45) is 0. The molecule has 0 saturated carbocycles. The minimum atomic E-state index is 0.836. The molecule has 0 N–H and O–H groups in total. The number of nitrogens with zero attached hydrogens (tertiary/aromatic N) is 2. The first-order chi connectivity index (χ1) is 22.3. The highest BCUT2D eigenvalue weighted by Gasteiger charge is 2.19. The second-order valence-electron chi connectivity index (χ2n) is 11.6. The summed E-state index contributed by atoms with van der Waals surface area (Å²) in [5, 5.41) is 6.75. The van der Waals surface area contributed by atoms with Crippen LogP contribution in [0.5, 0.6) is 0 Å². The molecule has 0 aliphatic heterocycles. The van der Waals surface area contributed by atoms with Crippen LogP contribution in [0.15, 0.2) is 154 Å². The average molecular weight is 577 g/mol. The Bertz CT molecular complexity index is 2760. The third kappa shape index (κ3) is 3.57. The Morgan fingerprint density at radius 3 is 2.09 bits per heavy atom. The molecular formula is C41H24N2O2. The molecule has 0 amide bonds. The van der Waals surface area contributed by atoms with Gasteiger partial charge in [0.1, 0.15) is 28.2 Å². The Hall–Kier alpha value is -6.13. The second-order valence-corrected chi connectivity index (χ2v) is 11.6. The quantitative estimate of drug-likeness (QED) is 0.210. The van der Waals surface area contributed by atoms with Crippen LogP contribution in [0.2, 0.25) is 0 Å². The molecule has 4 nitrogen and oxygen atoms in total. The molecule has 0 radical (unpaired) electrons. The van der Waals surface area contributed by atoms with Gasteiger partial charge in [-0.15, -0.1) is 0 Å². The van der Waals surface area contributed by atoms with Crippen LogP contribution in [0.4, 0.5) is 0 Å². The monoisotopic (exact) mass is 576 g/mol. The van der Waals surface area contributed by atoms with E-state index in [1.807, 2.05) is 36.4 Å². The van der Waals surface area contributed by atoms with Gasteiger partial charge < -0.3 is 8.83 Å². The maximum Gasteiger partial charge on any atom is 0.145 e. The summed E-state index contributed by atoms with van der Waals surface area (Å²) in [5.41, 5.74) is 9.70. The summed E-state index contributed by atoms with van der Waals surface area (Å²) >= 11 is 0. The topological polar surface area (TPSA) is 44.1 Å². The molecule has 45 heavy (non-hydrogen) atoms. The molecule has 210 valence electrons. The van der Waals surface area contributed by atoms with Gasteiger partial charge in [0.25, 0.3) is 0 Å². The van der Waals surface area contributed by atoms with Gasteiger partial charge in [0.2, 0.25) is 0 Å². The zero-order valence-electron chi connectivity index (χ0n) is 24.1. The number of hydrogen-bond donors (Lipinski definition) is 0. The van der Waals surface area contributed by atoms with Gasteiger partial charge in [-0.25, -0.2) is 4.98 Å². The number of hydrogen-bond acceptors (Lipinski definition) is 3. The van der Waals surface area contributed by atoms with Gasteiger partial charge in [-0.3, -0.25) is 4.57 Å². The first-order valence-electron chi connectivity index (χ1n) is 15.1. The zero-order chi connectivity index (χ0) is 29.5. The van der Waals surface area contributed by atoms with Gasteiger partial charge in [-0.05, 0) is 64.9 Å².